The summed E-state index contributed by atoms with van der Waals surface area (Å²) in [5.41, 5.74) is 0.617. The van der Waals surface area contributed by atoms with E-state index in [0.29, 0.717) is 22.5 Å². The minimum Gasteiger partial charge on any atom is -0.325 e. The summed E-state index contributed by atoms with van der Waals surface area (Å²) in [7, 11) is 0. The average Bonchev–Trinajstić information content (AvgIpc) is 2.16. The normalized spacial score (nSPS) is 8.58. The SMILES string of the molecule is N#Cc1ccc(SO)cc1C#N. The van der Waals surface area contributed by atoms with Crippen LogP contribution in [0.1, 0.15) is 11.1 Å². The first-order valence-electron chi connectivity index (χ1n) is 3.07. The summed E-state index contributed by atoms with van der Waals surface area (Å²) in [4.78, 5) is 0.561. The average molecular weight is 176 g/mol. The van der Waals surface area contributed by atoms with Crippen molar-refractivity contribution in [2.45, 2.75) is 4.90 Å². The summed E-state index contributed by atoms with van der Waals surface area (Å²) in [6.45, 7) is 0. The highest BCUT2D eigenvalue weighted by Crippen LogP contribution is 2.17. The Bertz CT molecular complexity index is 376. The highest BCUT2D eigenvalue weighted by Gasteiger charge is 2.01. The summed E-state index contributed by atoms with van der Waals surface area (Å²) >= 11 is 0.557. The molecule has 0 aromatic heterocycles. The van der Waals surface area contributed by atoms with E-state index < -0.39 is 0 Å². The van der Waals surface area contributed by atoms with E-state index in [4.69, 9.17) is 15.1 Å². The van der Waals surface area contributed by atoms with Crippen LogP contribution in [0.3, 0.4) is 0 Å². The van der Waals surface area contributed by atoms with Gasteiger partial charge in [-0.05, 0) is 18.2 Å². The first kappa shape index (κ1) is 8.61. The van der Waals surface area contributed by atoms with Crippen LogP contribution >= 0.6 is 12.0 Å². The van der Waals surface area contributed by atoms with E-state index in [1.165, 1.54) is 12.1 Å². The molecule has 0 aliphatic carbocycles. The smallest absolute Gasteiger partial charge is 0.101 e. The van der Waals surface area contributed by atoms with E-state index in [2.05, 4.69) is 0 Å². The second kappa shape index (κ2) is 3.77. The number of nitrogens with zero attached hydrogens (tertiary/aromatic N) is 2. The molecule has 0 unspecified atom stereocenters. The Balaban J connectivity index is 3.25. The number of nitriles is 2. The van der Waals surface area contributed by atoms with Crippen LogP contribution < -0.4 is 0 Å². The lowest BCUT2D eigenvalue weighted by Crippen LogP contribution is -1.83. The Morgan fingerprint density at radius 3 is 2.33 bits per heavy atom. The molecule has 0 spiro atoms. The van der Waals surface area contributed by atoms with E-state index in [1.54, 1.807) is 6.07 Å². The van der Waals surface area contributed by atoms with E-state index in [-0.39, 0.29) is 5.56 Å². The van der Waals surface area contributed by atoms with Crippen LogP contribution in [0.25, 0.3) is 0 Å². The molecule has 0 fully saturated rings. The van der Waals surface area contributed by atoms with Gasteiger partial charge in [0, 0.05) is 16.9 Å². The van der Waals surface area contributed by atoms with Crippen molar-refractivity contribution in [1.82, 2.24) is 0 Å². The van der Waals surface area contributed by atoms with E-state index in [9.17, 15) is 0 Å². The number of hydrogen-bond donors (Lipinski definition) is 1. The van der Waals surface area contributed by atoms with Gasteiger partial charge in [0.2, 0.25) is 0 Å². The van der Waals surface area contributed by atoms with Gasteiger partial charge in [0.25, 0.3) is 0 Å². The third kappa shape index (κ3) is 1.57. The van der Waals surface area contributed by atoms with Gasteiger partial charge in [-0.1, -0.05) is 0 Å². The summed E-state index contributed by atoms with van der Waals surface area (Å²) in [5, 5.41) is 17.1. The topological polar surface area (TPSA) is 67.8 Å². The summed E-state index contributed by atoms with van der Waals surface area (Å²) in [6.07, 6.45) is 0. The van der Waals surface area contributed by atoms with E-state index >= 15 is 0 Å². The molecule has 3 nitrogen and oxygen atoms in total. The third-order valence-corrected chi connectivity index (χ3v) is 1.80. The summed E-state index contributed by atoms with van der Waals surface area (Å²) in [6, 6.07) is 8.33. The van der Waals surface area contributed by atoms with Gasteiger partial charge in [-0.3, -0.25) is 0 Å². The predicted octanol–water partition coefficient (Wildman–Crippen LogP) is 2.00. The van der Waals surface area contributed by atoms with Gasteiger partial charge in [0.05, 0.1) is 11.1 Å². The van der Waals surface area contributed by atoms with Crippen LogP contribution in [0.4, 0.5) is 0 Å². The van der Waals surface area contributed by atoms with Crippen LogP contribution in [-0.2, 0) is 0 Å². The van der Waals surface area contributed by atoms with E-state index in [1.807, 2.05) is 12.1 Å². The maximum atomic E-state index is 8.65. The van der Waals surface area contributed by atoms with Crippen molar-refractivity contribution in [2.75, 3.05) is 0 Å². The predicted molar refractivity (Wildman–Crippen MR) is 44.4 cm³/mol. The fraction of sp³-hybridized carbons (Fsp3) is 0. The number of benzene rings is 1. The zero-order valence-corrected chi connectivity index (χ0v) is 6.80. The Morgan fingerprint density at radius 1 is 1.17 bits per heavy atom. The molecule has 1 rings (SSSR count). The molecule has 0 amide bonds. The van der Waals surface area contributed by atoms with Crippen molar-refractivity contribution in [3.05, 3.63) is 29.3 Å². The van der Waals surface area contributed by atoms with Gasteiger partial charge in [-0.15, -0.1) is 0 Å². The van der Waals surface area contributed by atoms with Gasteiger partial charge in [-0.25, -0.2) is 0 Å². The Kier molecular flexibility index (Phi) is 2.71. The second-order valence-electron chi connectivity index (χ2n) is 2.02. The maximum absolute atomic E-state index is 8.65. The zero-order chi connectivity index (χ0) is 8.97. The maximum Gasteiger partial charge on any atom is 0.101 e. The van der Waals surface area contributed by atoms with Gasteiger partial charge >= 0.3 is 0 Å². The molecule has 12 heavy (non-hydrogen) atoms. The van der Waals surface area contributed by atoms with Crippen molar-refractivity contribution in [3.63, 3.8) is 0 Å². The van der Waals surface area contributed by atoms with E-state index in [0.717, 1.165) is 0 Å². The Labute approximate surface area is 74.1 Å². The molecule has 58 valence electrons. The summed E-state index contributed by atoms with van der Waals surface area (Å²) < 4.78 is 8.65. The van der Waals surface area contributed by atoms with Crippen molar-refractivity contribution in [3.8, 4) is 12.1 Å². The minimum absolute atomic E-state index is 0.288. The second-order valence-corrected chi connectivity index (χ2v) is 2.68. The third-order valence-electron chi connectivity index (χ3n) is 1.34. The lowest BCUT2D eigenvalue weighted by Gasteiger charge is -1.95. The molecule has 0 aliphatic rings. The minimum atomic E-state index is 0.288. The van der Waals surface area contributed by atoms with Crippen LogP contribution in [0.15, 0.2) is 23.1 Å². The highest BCUT2D eigenvalue weighted by atomic mass is 32.2. The van der Waals surface area contributed by atoms with Crippen molar-refractivity contribution in [1.29, 1.82) is 10.5 Å². The van der Waals surface area contributed by atoms with Gasteiger partial charge in [-0.2, -0.15) is 10.5 Å². The van der Waals surface area contributed by atoms with Crippen molar-refractivity contribution < 1.29 is 4.55 Å². The quantitative estimate of drug-likeness (QED) is 0.664. The van der Waals surface area contributed by atoms with Crippen molar-refractivity contribution in [2.24, 2.45) is 0 Å². The van der Waals surface area contributed by atoms with Gasteiger partial charge in [0.15, 0.2) is 0 Å². The standard InChI is InChI=1S/C8H4N2OS/c9-4-6-1-2-8(12-11)3-7(6)5-10/h1-3,11H. The molecule has 0 atom stereocenters. The van der Waals surface area contributed by atoms with Crippen LogP contribution in [-0.4, -0.2) is 4.55 Å². The fourth-order valence-electron chi connectivity index (χ4n) is 0.770. The molecule has 1 N–H and O–H groups in total. The zero-order valence-electron chi connectivity index (χ0n) is 5.98. The Hall–Kier alpha value is -1.49. The molecular formula is C8H4N2OS. The van der Waals surface area contributed by atoms with Crippen LogP contribution in [0.5, 0.6) is 0 Å². The molecule has 0 heterocycles. The molecule has 1 aromatic rings. The number of hydrogen-bond acceptors (Lipinski definition) is 4. The lowest BCUT2D eigenvalue weighted by atomic mass is 10.1. The number of rotatable bonds is 1. The Morgan fingerprint density at radius 2 is 1.83 bits per heavy atom. The highest BCUT2D eigenvalue weighted by molar-refractivity contribution is 7.93. The fourth-order valence-corrected chi connectivity index (χ4v) is 1.07. The monoisotopic (exact) mass is 176 g/mol. The lowest BCUT2D eigenvalue weighted by molar-refractivity contribution is 0.664. The molecular weight excluding hydrogens is 172 g/mol. The van der Waals surface area contributed by atoms with Gasteiger partial charge < -0.3 is 4.55 Å². The molecule has 4 heteroatoms. The summed E-state index contributed by atoms with van der Waals surface area (Å²) in [5.74, 6) is 0. The van der Waals surface area contributed by atoms with Gasteiger partial charge in [0.1, 0.15) is 12.1 Å². The van der Waals surface area contributed by atoms with Crippen LogP contribution in [0, 0.1) is 22.7 Å². The molecule has 0 bridgehead atoms. The van der Waals surface area contributed by atoms with Crippen molar-refractivity contribution >= 4 is 12.0 Å². The first-order valence-corrected chi connectivity index (χ1v) is 3.85. The largest absolute Gasteiger partial charge is 0.325 e. The molecule has 0 aliphatic heterocycles. The molecule has 0 saturated carbocycles. The first-order chi connectivity index (χ1) is 5.81. The molecule has 1 aromatic carbocycles. The molecule has 0 radical (unpaired) electrons. The van der Waals surface area contributed by atoms with Crippen LogP contribution in [0.2, 0.25) is 0 Å². The molecule has 0 saturated heterocycles.